The molecule has 0 saturated heterocycles. The molecular weight excluding hydrogens is 132 g/mol. The van der Waals surface area contributed by atoms with E-state index in [-0.39, 0.29) is 0 Å². The first kappa shape index (κ1) is 7.64. The van der Waals surface area contributed by atoms with E-state index in [4.69, 9.17) is 0 Å². The third kappa shape index (κ3) is 1.02. The van der Waals surface area contributed by atoms with Gasteiger partial charge < -0.3 is 0 Å². The molecule has 0 nitrogen and oxygen atoms in total. The molecule has 0 aromatic rings. The third-order valence-corrected chi connectivity index (χ3v) is 4.15. The fourth-order valence-electron chi connectivity index (χ4n) is 3.24. The predicted molar refractivity (Wildman–Crippen MR) is 48.1 cm³/mol. The molecule has 2 aliphatic carbocycles. The van der Waals surface area contributed by atoms with E-state index >= 15 is 0 Å². The monoisotopic (exact) mass is 151 g/mol. The molecule has 11 heavy (non-hydrogen) atoms. The van der Waals surface area contributed by atoms with Gasteiger partial charge in [0.25, 0.3) is 0 Å². The maximum absolute atomic E-state index is 4.31. The summed E-state index contributed by atoms with van der Waals surface area (Å²) < 4.78 is 0. The van der Waals surface area contributed by atoms with Crippen molar-refractivity contribution in [2.24, 2.45) is 17.3 Å². The van der Waals surface area contributed by atoms with Crippen LogP contribution in [-0.4, -0.2) is 0 Å². The van der Waals surface area contributed by atoms with Crippen molar-refractivity contribution in [1.82, 2.24) is 0 Å². The maximum Gasteiger partial charge on any atom is -0.0266 e. The Morgan fingerprint density at radius 3 is 2.45 bits per heavy atom. The van der Waals surface area contributed by atoms with E-state index in [1.165, 1.54) is 38.5 Å². The van der Waals surface area contributed by atoms with E-state index < -0.39 is 0 Å². The molecule has 2 fully saturated rings. The Labute approximate surface area is 70.4 Å². The van der Waals surface area contributed by atoms with Crippen LogP contribution in [0, 0.1) is 24.2 Å². The Hall–Kier alpha value is 0. The molecule has 63 valence electrons. The fraction of sp³-hybridized carbons (Fsp3) is 0.909. The number of hydrogen-bond donors (Lipinski definition) is 0. The molecule has 0 amide bonds. The second-order valence-electron chi connectivity index (χ2n) is 4.62. The molecule has 0 aromatic heterocycles. The van der Waals surface area contributed by atoms with Crippen LogP contribution < -0.4 is 0 Å². The second-order valence-corrected chi connectivity index (χ2v) is 4.62. The smallest absolute Gasteiger partial charge is 0.0266 e. The van der Waals surface area contributed by atoms with Gasteiger partial charge in [-0.25, -0.2) is 0 Å². The van der Waals surface area contributed by atoms with Gasteiger partial charge in [0.1, 0.15) is 0 Å². The third-order valence-electron chi connectivity index (χ3n) is 4.15. The number of hydrogen-bond acceptors (Lipinski definition) is 0. The molecule has 0 N–H and O–H groups in total. The van der Waals surface area contributed by atoms with Crippen LogP contribution in [0.25, 0.3) is 0 Å². The first-order valence-corrected chi connectivity index (χ1v) is 5.10. The van der Waals surface area contributed by atoms with Gasteiger partial charge in [-0.2, -0.15) is 0 Å². The summed E-state index contributed by atoms with van der Waals surface area (Å²) in [5.74, 6) is 1.83. The Bertz CT molecular complexity index is 140. The van der Waals surface area contributed by atoms with Crippen molar-refractivity contribution in [2.75, 3.05) is 0 Å². The summed E-state index contributed by atoms with van der Waals surface area (Å²) in [5, 5.41) is 0. The lowest BCUT2D eigenvalue weighted by atomic mass is 9.73. The largest absolute Gasteiger partial charge is 0.0651 e. The van der Waals surface area contributed by atoms with Crippen molar-refractivity contribution < 1.29 is 0 Å². The van der Waals surface area contributed by atoms with Crippen LogP contribution in [0.5, 0.6) is 0 Å². The van der Waals surface area contributed by atoms with Crippen molar-refractivity contribution in [3.63, 3.8) is 0 Å². The van der Waals surface area contributed by atoms with Gasteiger partial charge in [-0.15, -0.1) is 0 Å². The fourth-order valence-corrected chi connectivity index (χ4v) is 3.24. The van der Waals surface area contributed by atoms with E-state index in [0.29, 0.717) is 5.41 Å². The molecule has 0 spiro atoms. The molecule has 0 aliphatic heterocycles. The van der Waals surface area contributed by atoms with Crippen molar-refractivity contribution in [3.05, 3.63) is 6.92 Å². The van der Waals surface area contributed by atoms with Crippen molar-refractivity contribution in [1.29, 1.82) is 0 Å². The summed E-state index contributed by atoms with van der Waals surface area (Å²) in [7, 11) is 0. The van der Waals surface area contributed by atoms with Crippen LogP contribution in [0.4, 0.5) is 0 Å². The van der Waals surface area contributed by atoms with E-state index in [0.717, 1.165) is 11.8 Å². The first-order valence-electron chi connectivity index (χ1n) is 5.10. The molecular formula is C11H19. The molecule has 1 radical (unpaired) electrons. The molecule has 1 atom stereocenters. The zero-order chi connectivity index (χ0) is 7.90. The van der Waals surface area contributed by atoms with Gasteiger partial charge in [-0.3, -0.25) is 0 Å². The van der Waals surface area contributed by atoms with E-state index in [9.17, 15) is 0 Å². The van der Waals surface area contributed by atoms with E-state index in [1.54, 1.807) is 0 Å². The summed E-state index contributed by atoms with van der Waals surface area (Å²) in [6.45, 7) is 6.60. The Balaban J connectivity index is 2.09. The highest BCUT2D eigenvalue weighted by molar-refractivity contribution is 4.99. The molecule has 0 heteroatoms. The van der Waals surface area contributed by atoms with Gasteiger partial charge in [0.05, 0.1) is 0 Å². The van der Waals surface area contributed by atoms with Crippen molar-refractivity contribution in [2.45, 2.75) is 45.4 Å². The molecule has 2 bridgehead atoms. The first-order chi connectivity index (χ1) is 5.27. The molecule has 2 aliphatic rings. The predicted octanol–water partition coefficient (Wildman–Crippen LogP) is 3.43. The highest BCUT2D eigenvalue weighted by atomic mass is 14.5. The van der Waals surface area contributed by atoms with Crippen LogP contribution in [0.2, 0.25) is 0 Å². The van der Waals surface area contributed by atoms with Crippen LogP contribution in [0.3, 0.4) is 0 Å². The van der Waals surface area contributed by atoms with Gasteiger partial charge in [-0.1, -0.05) is 13.3 Å². The van der Waals surface area contributed by atoms with Crippen LogP contribution >= 0.6 is 0 Å². The van der Waals surface area contributed by atoms with Gasteiger partial charge in [0.2, 0.25) is 0 Å². The quantitative estimate of drug-likeness (QED) is 0.567. The summed E-state index contributed by atoms with van der Waals surface area (Å²) in [4.78, 5) is 0. The normalized spacial score (nSPS) is 44.7. The Morgan fingerprint density at radius 2 is 2.09 bits per heavy atom. The summed E-state index contributed by atoms with van der Waals surface area (Å²) >= 11 is 0. The molecule has 0 heterocycles. The molecule has 2 saturated carbocycles. The molecule has 0 aromatic carbocycles. The zero-order valence-corrected chi connectivity index (χ0v) is 7.60. The highest BCUT2D eigenvalue weighted by Crippen LogP contribution is 2.58. The zero-order valence-electron chi connectivity index (χ0n) is 7.60. The Kier molecular flexibility index (Phi) is 1.74. The van der Waals surface area contributed by atoms with Gasteiger partial charge in [0, 0.05) is 0 Å². The average Bonchev–Trinajstić information content (AvgIpc) is 2.62. The van der Waals surface area contributed by atoms with Crippen LogP contribution in [0.1, 0.15) is 45.4 Å². The second kappa shape index (κ2) is 2.50. The number of rotatable bonds is 2. The van der Waals surface area contributed by atoms with Gasteiger partial charge in [-0.05, 0) is 56.3 Å². The highest BCUT2D eigenvalue weighted by Gasteiger charge is 2.47. The van der Waals surface area contributed by atoms with Crippen LogP contribution in [-0.2, 0) is 0 Å². The minimum Gasteiger partial charge on any atom is -0.0651 e. The standard InChI is InChI=1S/C11H19/c1-3-9(2)11-6-4-10(8-11)5-7-11/h9-10H,2-8H2,1H3. The summed E-state index contributed by atoms with van der Waals surface area (Å²) in [6, 6.07) is 0. The maximum atomic E-state index is 4.31. The summed E-state index contributed by atoms with van der Waals surface area (Å²) in [6.07, 6.45) is 8.78. The lowest BCUT2D eigenvalue weighted by Gasteiger charge is -2.32. The van der Waals surface area contributed by atoms with Gasteiger partial charge in [0.15, 0.2) is 0 Å². The van der Waals surface area contributed by atoms with Crippen molar-refractivity contribution >= 4 is 0 Å². The summed E-state index contributed by atoms with van der Waals surface area (Å²) in [5.41, 5.74) is 0.708. The van der Waals surface area contributed by atoms with E-state index in [2.05, 4.69) is 13.8 Å². The number of fused-ring (bicyclic) bond motifs is 2. The van der Waals surface area contributed by atoms with Gasteiger partial charge >= 0.3 is 0 Å². The van der Waals surface area contributed by atoms with Crippen LogP contribution in [0.15, 0.2) is 0 Å². The molecule has 2 rings (SSSR count). The van der Waals surface area contributed by atoms with E-state index in [1.807, 2.05) is 0 Å². The lowest BCUT2D eigenvalue weighted by molar-refractivity contribution is 0.200. The van der Waals surface area contributed by atoms with Crippen molar-refractivity contribution in [3.8, 4) is 0 Å². The minimum atomic E-state index is 0.708. The molecule has 1 unspecified atom stereocenters. The Morgan fingerprint density at radius 1 is 1.45 bits per heavy atom. The lowest BCUT2D eigenvalue weighted by Crippen LogP contribution is -2.23. The average molecular weight is 151 g/mol. The topological polar surface area (TPSA) is 0 Å². The SMILES string of the molecule is [CH2]C(CC)C12CCC(CC1)C2. The minimum absolute atomic E-state index is 0.708.